The van der Waals surface area contributed by atoms with Gasteiger partial charge < -0.3 is 26.4 Å². The van der Waals surface area contributed by atoms with E-state index in [2.05, 4.69) is 21.3 Å². The van der Waals surface area contributed by atoms with Crippen LogP contribution in [0.15, 0.2) is 60.7 Å². The molecule has 2 unspecified atom stereocenters. The third-order valence-corrected chi connectivity index (χ3v) is 4.84. The van der Waals surface area contributed by atoms with Crippen LogP contribution in [-0.4, -0.2) is 48.8 Å². The Morgan fingerprint density at radius 1 is 0.806 bits per heavy atom. The van der Waals surface area contributed by atoms with E-state index in [1.807, 2.05) is 60.7 Å². The molecule has 2 aromatic rings. The zero-order valence-corrected chi connectivity index (χ0v) is 17.6. The summed E-state index contributed by atoms with van der Waals surface area (Å²) in [5.41, 5.74) is 2.11. The Balaban J connectivity index is 2.01. The molecule has 166 valence electrons. The third kappa shape index (κ3) is 9.66. The first-order valence-electron chi connectivity index (χ1n) is 10.3. The molecule has 0 spiro atoms. The Bertz CT molecular complexity index is 830. The summed E-state index contributed by atoms with van der Waals surface area (Å²) in [6, 6.07) is 18.6. The quantitative estimate of drug-likeness (QED) is 0.379. The maximum Gasteiger partial charge on any atom is 0.404 e. The molecule has 0 radical (unpaired) electrons. The number of carbonyl (C=O) groups excluding carboxylic acids is 2. The molecule has 0 heterocycles. The summed E-state index contributed by atoms with van der Waals surface area (Å²) in [5, 5.41) is 19.6. The van der Waals surface area contributed by atoms with Gasteiger partial charge in [0, 0.05) is 19.1 Å². The van der Waals surface area contributed by atoms with Gasteiger partial charge in [0.25, 0.3) is 0 Å². The van der Waals surface area contributed by atoms with Crippen molar-refractivity contribution in [2.45, 2.75) is 37.8 Å². The number of nitrogens with one attached hydrogen (secondary N) is 4. The van der Waals surface area contributed by atoms with Gasteiger partial charge in [-0.1, -0.05) is 60.7 Å². The van der Waals surface area contributed by atoms with Gasteiger partial charge in [-0.15, -0.1) is 0 Å². The first kappa shape index (κ1) is 23.7. The highest BCUT2D eigenvalue weighted by atomic mass is 16.4. The Labute approximate surface area is 182 Å². The molecular formula is C23H30N4O4. The predicted octanol–water partition coefficient (Wildman–Crippen LogP) is 2.30. The fourth-order valence-corrected chi connectivity index (χ4v) is 3.35. The normalized spacial score (nSPS) is 12.3. The highest BCUT2D eigenvalue weighted by Gasteiger charge is 2.18. The second kappa shape index (κ2) is 12.9. The average Bonchev–Trinajstić information content (AvgIpc) is 2.76. The lowest BCUT2D eigenvalue weighted by Gasteiger charge is -2.23. The van der Waals surface area contributed by atoms with Gasteiger partial charge in [0.1, 0.15) is 0 Å². The van der Waals surface area contributed by atoms with Crippen molar-refractivity contribution < 1.29 is 19.5 Å². The van der Waals surface area contributed by atoms with Gasteiger partial charge in [-0.25, -0.2) is 9.59 Å². The summed E-state index contributed by atoms with van der Waals surface area (Å²) in [7, 11) is 1.48. The lowest BCUT2D eigenvalue weighted by atomic mass is 9.96. The molecule has 2 aromatic carbocycles. The fraction of sp³-hybridized carbons (Fsp3) is 0.348. The topological polar surface area (TPSA) is 120 Å². The molecule has 8 nitrogen and oxygen atoms in total. The molecule has 5 N–H and O–H groups in total. The summed E-state index contributed by atoms with van der Waals surface area (Å²) in [5.74, 6) is -0.296. The standard InChI is InChI=1S/C23H30N4O4/c1-24-22(29)25-16-21(28)26-19(14-17-8-4-2-5-9-17)12-13-20(27-23(30)31)15-18-10-6-3-7-11-18/h2-11,19-20,27H,12-16H2,1H3,(H,26,28)(H,30,31)(H2,24,25,29). The van der Waals surface area contributed by atoms with Crippen molar-refractivity contribution in [1.82, 2.24) is 21.3 Å². The SMILES string of the molecule is CNC(=O)NCC(=O)NC(CCC(Cc1ccccc1)NC(=O)O)Cc1ccccc1. The fourth-order valence-electron chi connectivity index (χ4n) is 3.35. The van der Waals surface area contributed by atoms with Crippen LogP contribution in [0.4, 0.5) is 9.59 Å². The summed E-state index contributed by atoms with van der Waals surface area (Å²) in [6.07, 6.45) is 1.24. The molecule has 0 saturated carbocycles. The van der Waals surface area contributed by atoms with Crippen LogP contribution in [0.2, 0.25) is 0 Å². The van der Waals surface area contributed by atoms with Crippen LogP contribution in [0, 0.1) is 0 Å². The van der Waals surface area contributed by atoms with Crippen LogP contribution in [0.5, 0.6) is 0 Å². The van der Waals surface area contributed by atoms with Crippen molar-refractivity contribution in [3.05, 3.63) is 71.8 Å². The third-order valence-electron chi connectivity index (χ3n) is 4.84. The molecule has 0 bridgehead atoms. The molecule has 31 heavy (non-hydrogen) atoms. The molecule has 0 fully saturated rings. The minimum Gasteiger partial charge on any atom is -0.465 e. The molecule has 2 atom stereocenters. The van der Waals surface area contributed by atoms with Crippen LogP contribution in [0.3, 0.4) is 0 Å². The second-order valence-electron chi connectivity index (χ2n) is 7.30. The molecule has 0 aliphatic rings. The monoisotopic (exact) mass is 426 g/mol. The summed E-state index contributed by atoms with van der Waals surface area (Å²) < 4.78 is 0. The molecule has 4 amide bonds. The largest absolute Gasteiger partial charge is 0.465 e. The van der Waals surface area contributed by atoms with Gasteiger partial charge in [0.2, 0.25) is 5.91 Å². The molecule has 0 saturated heterocycles. The maximum atomic E-state index is 12.3. The second-order valence-corrected chi connectivity index (χ2v) is 7.30. The van der Waals surface area contributed by atoms with E-state index in [-0.39, 0.29) is 24.5 Å². The van der Waals surface area contributed by atoms with E-state index < -0.39 is 12.1 Å². The van der Waals surface area contributed by atoms with Gasteiger partial charge >= 0.3 is 12.1 Å². The number of rotatable bonds is 11. The Morgan fingerprint density at radius 2 is 1.29 bits per heavy atom. The number of benzene rings is 2. The number of hydrogen-bond acceptors (Lipinski definition) is 3. The maximum absolute atomic E-state index is 12.3. The number of urea groups is 1. The van der Waals surface area contributed by atoms with E-state index in [9.17, 15) is 19.5 Å². The van der Waals surface area contributed by atoms with Crippen molar-refractivity contribution in [1.29, 1.82) is 0 Å². The molecule has 2 rings (SSSR count). The van der Waals surface area contributed by atoms with Gasteiger partial charge in [-0.2, -0.15) is 0 Å². The van der Waals surface area contributed by atoms with E-state index >= 15 is 0 Å². The summed E-state index contributed by atoms with van der Waals surface area (Å²) in [4.78, 5) is 34.9. The number of amides is 4. The lowest BCUT2D eigenvalue weighted by molar-refractivity contribution is -0.120. The molecule has 8 heteroatoms. The van der Waals surface area contributed by atoms with Crippen molar-refractivity contribution in [2.75, 3.05) is 13.6 Å². The van der Waals surface area contributed by atoms with E-state index in [1.54, 1.807) is 0 Å². The Kier molecular flexibility index (Phi) is 9.87. The number of hydrogen-bond donors (Lipinski definition) is 5. The molecule has 0 aromatic heterocycles. The van der Waals surface area contributed by atoms with Gasteiger partial charge in [0.15, 0.2) is 0 Å². The molecular weight excluding hydrogens is 396 g/mol. The lowest BCUT2D eigenvalue weighted by Crippen LogP contribution is -2.45. The van der Waals surface area contributed by atoms with Crippen LogP contribution in [0.1, 0.15) is 24.0 Å². The molecule has 0 aliphatic heterocycles. The van der Waals surface area contributed by atoms with Gasteiger partial charge in [-0.3, -0.25) is 4.79 Å². The highest BCUT2D eigenvalue weighted by Crippen LogP contribution is 2.13. The van der Waals surface area contributed by atoms with Crippen LogP contribution in [-0.2, 0) is 17.6 Å². The first-order chi connectivity index (χ1) is 15.0. The predicted molar refractivity (Wildman–Crippen MR) is 119 cm³/mol. The average molecular weight is 427 g/mol. The summed E-state index contributed by atoms with van der Waals surface area (Å²) in [6.45, 7) is -0.133. The van der Waals surface area contributed by atoms with E-state index in [1.165, 1.54) is 7.05 Å². The minimum absolute atomic E-state index is 0.133. The zero-order valence-electron chi connectivity index (χ0n) is 17.6. The van der Waals surface area contributed by atoms with Crippen molar-refractivity contribution in [2.24, 2.45) is 0 Å². The van der Waals surface area contributed by atoms with Gasteiger partial charge in [0.05, 0.1) is 6.54 Å². The van der Waals surface area contributed by atoms with Gasteiger partial charge in [-0.05, 0) is 36.8 Å². The van der Waals surface area contributed by atoms with Crippen molar-refractivity contribution in [3.8, 4) is 0 Å². The van der Waals surface area contributed by atoms with Crippen LogP contribution >= 0.6 is 0 Å². The van der Waals surface area contributed by atoms with E-state index in [0.29, 0.717) is 25.7 Å². The van der Waals surface area contributed by atoms with Crippen molar-refractivity contribution in [3.63, 3.8) is 0 Å². The van der Waals surface area contributed by atoms with Crippen LogP contribution in [0.25, 0.3) is 0 Å². The minimum atomic E-state index is -1.07. The Morgan fingerprint density at radius 3 is 1.74 bits per heavy atom. The summed E-state index contributed by atoms with van der Waals surface area (Å²) >= 11 is 0. The van der Waals surface area contributed by atoms with Crippen LogP contribution < -0.4 is 21.3 Å². The number of carboxylic acid groups (broad SMARTS) is 1. The smallest absolute Gasteiger partial charge is 0.404 e. The van der Waals surface area contributed by atoms with Crippen molar-refractivity contribution >= 4 is 18.0 Å². The van der Waals surface area contributed by atoms with E-state index in [0.717, 1.165) is 11.1 Å². The van der Waals surface area contributed by atoms with E-state index in [4.69, 9.17) is 0 Å². The number of carbonyl (C=O) groups is 3. The highest BCUT2D eigenvalue weighted by molar-refractivity contribution is 5.83. The Hall–Kier alpha value is -3.55. The zero-order chi connectivity index (χ0) is 22.5. The molecule has 0 aliphatic carbocycles. The first-order valence-corrected chi connectivity index (χ1v) is 10.3.